The lowest BCUT2D eigenvalue weighted by molar-refractivity contribution is 0.513. The third kappa shape index (κ3) is 2.08. The predicted octanol–water partition coefficient (Wildman–Crippen LogP) is -0.499. The van der Waals surface area contributed by atoms with E-state index in [2.05, 4.69) is 9.97 Å². The average Bonchev–Trinajstić information content (AvgIpc) is 2.69. The van der Waals surface area contributed by atoms with Gasteiger partial charge in [-0.3, -0.25) is 14.3 Å². The predicted molar refractivity (Wildman–Crippen MR) is 68.5 cm³/mol. The summed E-state index contributed by atoms with van der Waals surface area (Å²) in [7, 11) is 0. The number of hydrogen-bond acceptors (Lipinski definition) is 4. The van der Waals surface area contributed by atoms with Crippen molar-refractivity contribution in [1.82, 2.24) is 19.1 Å². The average molecular weight is 251 g/mol. The molecule has 2 aromatic heterocycles. The van der Waals surface area contributed by atoms with Crippen LogP contribution in [0.15, 0.2) is 15.9 Å². The SMILES string of the molecule is CC(C)Cn1c(=O)[nH]c(=O)c2c1ncn2CCN. The normalized spacial score (nSPS) is 11.6. The first-order valence-electron chi connectivity index (χ1n) is 5.92. The summed E-state index contributed by atoms with van der Waals surface area (Å²) in [5.74, 6) is 0.288. The Hall–Kier alpha value is -1.89. The van der Waals surface area contributed by atoms with E-state index in [1.54, 1.807) is 10.9 Å². The molecule has 2 rings (SSSR count). The number of aromatic amines is 1. The van der Waals surface area contributed by atoms with Crippen molar-refractivity contribution in [2.45, 2.75) is 26.9 Å². The Morgan fingerprint density at radius 2 is 2.17 bits per heavy atom. The zero-order valence-corrected chi connectivity index (χ0v) is 10.5. The van der Waals surface area contributed by atoms with Crippen LogP contribution in [0.25, 0.3) is 11.2 Å². The number of aromatic nitrogens is 4. The lowest BCUT2D eigenvalue weighted by atomic mass is 10.2. The van der Waals surface area contributed by atoms with Gasteiger partial charge >= 0.3 is 5.69 Å². The molecule has 0 fully saturated rings. The van der Waals surface area contributed by atoms with Gasteiger partial charge in [0.05, 0.1) is 6.33 Å². The van der Waals surface area contributed by atoms with Gasteiger partial charge in [-0.15, -0.1) is 0 Å². The molecule has 0 unspecified atom stereocenters. The molecular formula is C11H17N5O2. The van der Waals surface area contributed by atoms with Crippen LogP contribution < -0.4 is 17.0 Å². The summed E-state index contributed by atoms with van der Waals surface area (Å²) in [5, 5.41) is 0. The summed E-state index contributed by atoms with van der Waals surface area (Å²) in [4.78, 5) is 30.1. The molecule has 0 aliphatic rings. The fourth-order valence-corrected chi connectivity index (χ4v) is 1.96. The number of nitrogens with two attached hydrogens (primary N) is 1. The molecule has 0 aliphatic heterocycles. The molecular weight excluding hydrogens is 234 g/mol. The molecule has 0 bridgehead atoms. The Morgan fingerprint density at radius 1 is 1.44 bits per heavy atom. The maximum atomic E-state index is 11.8. The fourth-order valence-electron chi connectivity index (χ4n) is 1.96. The highest BCUT2D eigenvalue weighted by Gasteiger charge is 2.13. The van der Waals surface area contributed by atoms with E-state index >= 15 is 0 Å². The minimum absolute atomic E-state index is 0.288. The molecule has 18 heavy (non-hydrogen) atoms. The van der Waals surface area contributed by atoms with Gasteiger partial charge in [0.15, 0.2) is 11.2 Å². The highest BCUT2D eigenvalue weighted by atomic mass is 16.2. The summed E-state index contributed by atoms with van der Waals surface area (Å²) < 4.78 is 3.17. The van der Waals surface area contributed by atoms with Gasteiger partial charge in [0.25, 0.3) is 5.56 Å². The van der Waals surface area contributed by atoms with Crippen molar-refractivity contribution >= 4 is 11.2 Å². The van der Waals surface area contributed by atoms with Gasteiger partial charge in [-0.2, -0.15) is 0 Å². The molecule has 3 N–H and O–H groups in total. The van der Waals surface area contributed by atoms with Crippen molar-refractivity contribution in [2.24, 2.45) is 11.7 Å². The molecule has 98 valence electrons. The Labute approximate surface area is 103 Å². The Morgan fingerprint density at radius 3 is 2.78 bits per heavy atom. The Balaban J connectivity index is 2.72. The third-order valence-electron chi connectivity index (χ3n) is 2.67. The molecule has 2 aromatic rings. The first kappa shape index (κ1) is 12.6. The summed E-state index contributed by atoms with van der Waals surface area (Å²) in [6.07, 6.45) is 1.54. The standard InChI is InChI=1S/C11H17N5O2/c1-7(2)5-16-9-8(10(17)14-11(16)18)15(4-3-12)6-13-9/h6-7H,3-5,12H2,1-2H3,(H,14,17,18). The van der Waals surface area contributed by atoms with Crippen LogP contribution in [0.1, 0.15) is 13.8 Å². The van der Waals surface area contributed by atoms with E-state index in [9.17, 15) is 9.59 Å². The van der Waals surface area contributed by atoms with E-state index in [0.29, 0.717) is 30.8 Å². The fraction of sp³-hybridized carbons (Fsp3) is 0.545. The molecule has 0 saturated heterocycles. The molecule has 0 amide bonds. The van der Waals surface area contributed by atoms with Crippen molar-refractivity contribution in [3.8, 4) is 0 Å². The maximum absolute atomic E-state index is 11.8. The number of hydrogen-bond donors (Lipinski definition) is 2. The van der Waals surface area contributed by atoms with Gasteiger partial charge in [0.2, 0.25) is 0 Å². The van der Waals surface area contributed by atoms with Crippen LogP contribution in [0.2, 0.25) is 0 Å². The quantitative estimate of drug-likeness (QED) is 0.765. The van der Waals surface area contributed by atoms with Crippen LogP contribution in [0.3, 0.4) is 0 Å². The van der Waals surface area contributed by atoms with E-state index in [1.165, 1.54) is 4.57 Å². The Kier molecular flexibility index (Phi) is 3.33. The topological polar surface area (TPSA) is 98.7 Å². The van der Waals surface area contributed by atoms with Gasteiger partial charge < -0.3 is 10.3 Å². The second-order valence-corrected chi connectivity index (χ2v) is 4.66. The van der Waals surface area contributed by atoms with E-state index < -0.39 is 11.2 Å². The maximum Gasteiger partial charge on any atom is 0.330 e. The summed E-state index contributed by atoms with van der Waals surface area (Å²) in [6.45, 7) is 5.43. The van der Waals surface area contributed by atoms with Gasteiger partial charge in [-0.25, -0.2) is 9.78 Å². The first-order chi connectivity index (χ1) is 8.54. The molecule has 0 saturated carbocycles. The second kappa shape index (κ2) is 4.77. The first-order valence-corrected chi connectivity index (χ1v) is 5.92. The molecule has 0 aromatic carbocycles. The van der Waals surface area contributed by atoms with Crippen LogP contribution in [0, 0.1) is 5.92 Å². The third-order valence-corrected chi connectivity index (χ3v) is 2.67. The summed E-state index contributed by atoms with van der Waals surface area (Å²) in [5.41, 5.74) is 5.47. The van der Waals surface area contributed by atoms with E-state index in [-0.39, 0.29) is 5.92 Å². The number of H-pyrrole nitrogens is 1. The molecule has 0 spiro atoms. The summed E-state index contributed by atoms with van der Waals surface area (Å²) in [6, 6.07) is 0. The zero-order chi connectivity index (χ0) is 13.3. The van der Waals surface area contributed by atoms with Crippen molar-refractivity contribution in [3.63, 3.8) is 0 Å². The van der Waals surface area contributed by atoms with Crippen LogP contribution in [0.4, 0.5) is 0 Å². The number of fused-ring (bicyclic) bond motifs is 1. The minimum atomic E-state index is -0.417. The van der Waals surface area contributed by atoms with Crippen LogP contribution in [-0.2, 0) is 13.1 Å². The minimum Gasteiger partial charge on any atom is -0.329 e. The number of nitrogens with one attached hydrogen (secondary N) is 1. The van der Waals surface area contributed by atoms with Crippen LogP contribution in [0.5, 0.6) is 0 Å². The lowest BCUT2D eigenvalue weighted by Gasteiger charge is -2.09. The van der Waals surface area contributed by atoms with E-state index in [0.717, 1.165) is 0 Å². The molecule has 2 heterocycles. The van der Waals surface area contributed by atoms with Crippen LogP contribution >= 0.6 is 0 Å². The largest absolute Gasteiger partial charge is 0.330 e. The number of imidazole rings is 1. The molecule has 7 heteroatoms. The second-order valence-electron chi connectivity index (χ2n) is 4.66. The van der Waals surface area contributed by atoms with Gasteiger partial charge in [0.1, 0.15) is 0 Å². The van der Waals surface area contributed by atoms with Crippen molar-refractivity contribution in [3.05, 3.63) is 27.2 Å². The van der Waals surface area contributed by atoms with E-state index in [1.807, 2.05) is 13.8 Å². The van der Waals surface area contributed by atoms with Crippen LogP contribution in [-0.4, -0.2) is 25.6 Å². The smallest absolute Gasteiger partial charge is 0.329 e. The molecule has 0 atom stereocenters. The highest BCUT2D eigenvalue weighted by molar-refractivity contribution is 5.69. The van der Waals surface area contributed by atoms with Gasteiger partial charge in [-0.05, 0) is 5.92 Å². The molecule has 7 nitrogen and oxygen atoms in total. The van der Waals surface area contributed by atoms with Gasteiger partial charge in [0, 0.05) is 19.6 Å². The van der Waals surface area contributed by atoms with Crippen molar-refractivity contribution in [2.75, 3.05) is 6.54 Å². The number of nitrogens with zero attached hydrogens (tertiary/aromatic N) is 3. The molecule has 0 radical (unpaired) electrons. The molecule has 0 aliphatic carbocycles. The monoisotopic (exact) mass is 251 g/mol. The number of rotatable bonds is 4. The zero-order valence-electron chi connectivity index (χ0n) is 10.5. The summed E-state index contributed by atoms with van der Waals surface area (Å²) >= 11 is 0. The van der Waals surface area contributed by atoms with Gasteiger partial charge in [-0.1, -0.05) is 13.8 Å². The van der Waals surface area contributed by atoms with E-state index in [4.69, 9.17) is 5.73 Å². The highest BCUT2D eigenvalue weighted by Crippen LogP contribution is 2.07. The Bertz CT molecular complexity index is 664. The lowest BCUT2D eigenvalue weighted by Crippen LogP contribution is -2.32. The van der Waals surface area contributed by atoms with Crippen molar-refractivity contribution < 1.29 is 0 Å². The van der Waals surface area contributed by atoms with Crippen molar-refractivity contribution in [1.29, 1.82) is 0 Å².